The first-order chi connectivity index (χ1) is 6.56. The Bertz CT molecular complexity index is 243. The molecule has 0 aromatic rings. The summed E-state index contributed by atoms with van der Waals surface area (Å²) in [6, 6.07) is -0.271. The number of hydrogen-bond acceptors (Lipinski definition) is 4. The van der Waals surface area contributed by atoms with E-state index in [9.17, 15) is 9.59 Å². The van der Waals surface area contributed by atoms with Crippen LogP contribution in [0.25, 0.3) is 0 Å². The molecule has 1 fully saturated rings. The van der Waals surface area contributed by atoms with Gasteiger partial charge in [-0.2, -0.15) is 0 Å². The summed E-state index contributed by atoms with van der Waals surface area (Å²) < 4.78 is 4.69. The number of hydrogen-bond donors (Lipinski definition) is 1. The van der Waals surface area contributed by atoms with Crippen LogP contribution in [0, 0.1) is 5.92 Å². The largest absolute Gasteiger partial charge is 0.447 e. The van der Waals surface area contributed by atoms with Gasteiger partial charge in [0.25, 0.3) is 5.91 Å². The van der Waals surface area contributed by atoms with Crippen LogP contribution in [0.5, 0.6) is 0 Å². The zero-order chi connectivity index (χ0) is 10.7. The molecule has 0 aliphatic carbocycles. The molecular formula is C8H14N2O4. The smallest absolute Gasteiger partial charge is 0.407 e. The molecule has 1 unspecified atom stereocenters. The average molecular weight is 202 g/mol. The van der Waals surface area contributed by atoms with Crippen molar-refractivity contribution in [2.24, 2.45) is 5.92 Å². The number of nitrogens with zero attached hydrogens (tertiary/aromatic N) is 1. The predicted molar refractivity (Wildman–Crippen MR) is 47.2 cm³/mol. The topological polar surface area (TPSA) is 67.9 Å². The van der Waals surface area contributed by atoms with Gasteiger partial charge in [-0.15, -0.1) is 0 Å². The van der Waals surface area contributed by atoms with Crippen LogP contribution in [0.4, 0.5) is 4.79 Å². The van der Waals surface area contributed by atoms with Gasteiger partial charge in [0.05, 0.1) is 19.1 Å². The number of amides is 2. The van der Waals surface area contributed by atoms with Crippen LogP contribution >= 0.6 is 0 Å². The minimum absolute atomic E-state index is 0.191. The number of ether oxygens (including phenoxy) is 1. The van der Waals surface area contributed by atoms with Gasteiger partial charge in [-0.3, -0.25) is 9.63 Å². The number of alkyl carbamates (subject to hydrolysis) is 1. The maximum atomic E-state index is 11.6. The SMILES string of the molecule is CON(C)C(=O)C(C)[C@H]1COC(=O)N1. The fourth-order valence-electron chi connectivity index (χ4n) is 1.22. The summed E-state index contributed by atoms with van der Waals surface area (Å²) in [7, 11) is 2.94. The first kappa shape index (κ1) is 10.8. The molecule has 2 atom stereocenters. The van der Waals surface area contributed by atoms with E-state index >= 15 is 0 Å². The molecule has 1 N–H and O–H groups in total. The standard InChI is InChI=1S/C8H14N2O4/c1-5(7(11)10(2)13-3)6-4-14-8(12)9-6/h5-6H,4H2,1-3H3,(H,9,12)/t5?,6-/m1/s1. The number of nitrogens with one attached hydrogen (secondary N) is 1. The molecule has 0 bridgehead atoms. The molecule has 0 saturated carbocycles. The van der Waals surface area contributed by atoms with Crippen molar-refractivity contribution in [3.05, 3.63) is 0 Å². The summed E-state index contributed by atoms with van der Waals surface area (Å²) in [5, 5.41) is 3.68. The molecular weight excluding hydrogens is 188 g/mol. The van der Waals surface area contributed by atoms with Gasteiger partial charge < -0.3 is 10.1 Å². The lowest BCUT2D eigenvalue weighted by atomic mass is 10.0. The molecule has 6 heteroatoms. The summed E-state index contributed by atoms with van der Waals surface area (Å²) in [4.78, 5) is 27.0. The third kappa shape index (κ3) is 2.14. The fraction of sp³-hybridized carbons (Fsp3) is 0.750. The van der Waals surface area contributed by atoms with Crippen molar-refractivity contribution in [2.75, 3.05) is 20.8 Å². The summed E-state index contributed by atoms with van der Waals surface area (Å²) in [6.07, 6.45) is -0.477. The fourth-order valence-corrected chi connectivity index (χ4v) is 1.22. The van der Waals surface area contributed by atoms with Crippen LogP contribution in [0.3, 0.4) is 0 Å². The zero-order valence-electron chi connectivity index (χ0n) is 8.44. The van der Waals surface area contributed by atoms with E-state index in [1.807, 2.05) is 0 Å². The second-order valence-electron chi connectivity index (χ2n) is 3.16. The Balaban J connectivity index is 2.52. The van der Waals surface area contributed by atoms with Gasteiger partial charge in [0.2, 0.25) is 0 Å². The van der Waals surface area contributed by atoms with E-state index in [-0.39, 0.29) is 24.5 Å². The third-order valence-electron chi connectivity index (χ3n) is 2.27. The Labute approximate surface area is 82.1 Å². The lowest BCUT2D eigenvalue weighted by molar-refractivity contribution is -0.173. The van der Waals surface area contributed by atoms with E-state index in [2.05, 4.69) is 10.1 Å². The van der Waals surface area contributed by atoms with Crippen LogP contribution in [-0.2, 0) is 14.4 Å². The third-order valence-corrected chi connectivity index (χ3v) is 2.27. The van der Waals surface area contributed by atoms with E-state index in [1.54, 1.807) is 6.92 Å². The number of carbonyl (C=O) groups excluding carboxylic acids is 2. The molecule has 80 valence electrons. The van der Waals surface area contributed by atoms with Crippen molar-refractivity contribution in [3.8, 4) is 0 Å². The van der Waals surface area contributed by atoms with Crippen LogP contribution in [0.15, 0.2) is 0 Å². The lowest BCUT2D eigenvalue weighted by Crippen LogP contribution is -2.42. The Morgan fingerprint density at radius 2 is 2.43 bits per heavy atom. The van der Waals surface area contributed by atoms with Gasteiger partial charge in [0.1, 0.15) is 6.61 Å². The van der Waals surface area contributed by atoms with Crippen molar-refractivity contribution in [2.45, 2.75) is 13.0 Å². The number of cyclic esters (lactones) is 1. The molecule has 0 radical (unpaired) electrons. The molecule has 2 amide bonds. The Kier molecular flexibility index (Phi) is 3.29. The maximum Gasteiger partial charge on any atom is 0.407 e. The molecule has 1 heterocycles. The monoisotopic (exact) mass is 202 g/mol. The number of rotatable bonds is 3. The highest BCUT2D eigenvalue weighted by Gasteiger charge is 2.33. The first-order valence-corrected chi connectivity index (χ1v) is 4.31. The first-order valence-electron chi connectivity index (χ1n) is 4.31. The van der Waals surface area contributed by atoms with E-state index in [0.717, 1.165) is 5.06 Å². The van der Waals surface area contributed by atoms with Crippen molar-refractivity contribution >= 4 is 12.0 Å². The van der Waals surface area contributed by atoms with Gasteiger partial charge >= 0.3 is 6.09 Å². The molecule has 1 saturated heterocycles. The Morgan fingerprint density at radius 3 is 2.86 bits per heavy atom. The maximum absolute atomic E-state index is 11.6. The van der Waals surface area contributed by atoms with Crippen LogP contribution in [-0.4, -0.2) is 43.9 Å². The summed E-state index contributed by atoms with van der Waals surface area (Å²) in [5.74, 6) is -0.547. The van der Waals surface area contributed by atoms with Crippen molar-refractivity contribution in [3.63, 3.8) is 0 Å². The minimum Gasteiger partial charge on any atom is -0.447 e. The van der Waals surface area contributed by atoms with Crippen molar-refractivity contribution in [1.82, 2.24) is 10.4 Å². The van der Waals surface area contributed by atoms with Crippen molar-refractivity contribution < 1.29 is 19.2 Å². The average Bonchev–Trinajstić information content (AvgIpc) is 2.61. The molecule has 1 rings (SSSR count). The minimum atomic E-state index is -0.477. The highest BCUT2D eigenvalue weighted by molar-refractivity contribution is 5.79. The number of carbonyl (C=O) groups is 2. The second kappa shape index (κ2) is 4.28. The van der Waals surface area contributed by atoms with Crippen molar-refractivity contribution in [1.29, 1.82) is 0 Å². The lowest BCUT2D eigenvalue weighted by Gasteiger charge is -2.21. The van der Waals surface area contributed by atoms with Gasteiger partial charge in [-0.05, 0) is 0 Å². The molecule has 6 nitrogen and oxygen atoms in total. The van der Waals surface area contributed by atoms with Gasteiger partial charge in [-0.1, -0.05) is 6.92 Å². The zero-order valence-corrected chi connectivity index (χ0v) is 8.44. The van der Waals surface area contributed by atoms with E-state index < -0.39 is 6.09 Å². The highest BCUT2D eigenvalue weighted by atomic mass is 16.7. The quantitative estimate of drug-likeness (QED) is 0.641. The molecule has 0 aromatic heterocycles. The van der Waals surface area contributed by atoms with Gasteiger partial charge in [-0.25, -0.2) is 9.86 Å². The van der Waals surface area contributed by atoms with Gasteiger partial charge in [0, 0.05) is 7.05 Å². The molecule has 1 aliphatic rings. The van der Waals surface area contributed by atoms with E-state index in [0.29, 0.717) is 0 Å². The second-order valence-corrected chi connectivity index (χ2v) is 3.16. The summed E-state index contributed by atoms with van der Waals surface area (Å²) in [5.41, 5.74) is 0. The van der Waals surface area contributed by atoms with Crippen LogP contribution in [0.2, 0.25) is 0 Å². The Morgan fingerprint density at radius 1 is 1.79 bits per heavy atom. The molecule has 0 spiro atoms. The molecule has 14 heavy (non-hydrogen) atoms. The molecule has 0 aromatic carbocycles. The predicted octanol–water partition coefficient (Wildman–Crippen LogP) is -0.249. The normalized spacial score (nSPS) is 22.5. The van der Waals surface area contributed by atoms with E-state index in [4.69, 9.17) is 4.84 Å². The highest BCUT2D eigenvalue weighted by Crippen LogP contribution is 2.11. The number of hydroxylamine groups is 2. The van der Waals surface area contributed by atoms with Crippen LogP contribution < -0.4 is 5.32 Å². The van der Waals surface area contributed by atoms with Crippen LogP contribution in [0.1, 0.15) is 6.92 Å². The van der Waals surface area contributed by atoms with E-state index in [1.165, 1.54) is 14.2 Å². The molecule has 1 aliphatic heterocycles. The van der Waals surface area contributed by atoms with Gasteiger partial charge in [0.15, 0.2) is 0 Å². The summed E-state index contributed by atoms with van der Waals surface area (Å²) >= 11 is 0. The summed E-state index contributed by atoms with van der Waals surface area (Å²) in [6.45, 7) is 1.95. The Hall–Kier alpha value is -1.30.